The monoisotopic (exact) mass is 367 g/mol. The molecule has 1 aromatic carbocycles. The Balaban J connectivity index is 1.94. The quantitative estimate of drug-likeness (QED) is 0.796. The number of nitrogens with one attached hydrogen (secondary N) is 1. The lowest BCUT2D eigenvalue weighted by Gasteiger charge is -2.33. The summed E-state index contributed by atoms with van der Waals surface area (Å²) in [7, 11) is -3.10. The van der Waals surface area contributed by atoms with E-state index >= 15 is 0 Å². The zero-order chi connectivity index (χ0) is 18.4. The standard InChI is InChI=1S/C18H29N3O3S/c1-4-15(3)19-18(22)17-8-6-7-16(13-17)14-20-9-11-21(12-10-20)25(23,24)5-2/h6-8,13,15H,4-5,9-12,14H2,1-3H3,(H,19,22). The number of piperazine rings is 1. The predicted octanol–water partition coefficient (Wildman–Crippen LogP) is 1.68. The lowest BCUT2D eigenvalue weighted by Crippen LogP contribution is -2.48. The van der Waals surface area contributed by atoms with E-state index in [9.17, 15) is 13.2 Å². The molecular weight excluding hydrogens is 338 g/mol. The van der Waals surface area contributed by atoms with Gasteiger partial charge in [0.05, 0.1) is 5.75 Å². The lowest BCUT2D eigenvalue weighted by atomic mass is 10.1. The predicted molar refractivity (Wildman–Crippen MR) is 100.0 cm³/mol. The van der Waals surface area contributed by atoms with Crippen molar-refractivity contribution >= 4 is 15.9 Å². The van der Waals surface area contributed by atoms with Gasteiger partial charge in [0.25, 0.3) is 5.91 Å². The zero-order valence-corrected chi connectivity index (χ0v) is 16.2. The maximum atomic E-state index is 12.2. The highest BCUT2D eigenvalue weighted by Crippen LogP contribution is 2.13. The maximum Gasteiger partial charge on any atom is 0.251 e. The molecule has 1 aromatic rings. The molecule has 1 aliphatic rings. The second-order valence-electron chi connectivity index (χ2n) is 6.56. The van der Waals surface area contributed by atoms with E-state index in [1.54, 1.807) is 11.2 Å². The van der Waals surface area contributed by atoms with Crippen molar-refractivity contribution in [1.29, 1.82) is 0 Å². The van der Waals surface area contributed by atoms with Crippen LogP contribution in [-0.2, 0) is 16.6 Å². The molecular formula is C18H29N3O3S. The Morgan fingerprint density at radius 2 is 1.88 bits per heavy atom. The first-order chi connectivity index (χ1) is 11.9. The van der Waals surface area contributed by atoms with Crippen LogP contribution in [0.2, 0.25) is 0 Å². The fourth-order valence-corrected chi connectivity index (χ4v) is 3.91. The van der Waals surface area contributed by atoms with Gasteiger partial charge in [-0.25, -0.2) is 8.42 Å². The average Bonchev–Trinajstić information content (AvgIpc) is 2.62. The molecule has 0 saturated carbocycles. The number of rotatable bonds is 7. The van der Waals surface area contributed by atoms with E-state index < -0.39 is 10.0 Å². The highest BCUT2D eigenvalue weighted by Gasteiger charge is 2.25. The number of benzene rings is 1. The molecule has 7 heteroatoms. The summed E-state index contributed by atoms with van der Waals surface area (Å²) in [5.74, 6) is 0.107. The first-order valence-corrected chi connectivity index (χ1v) is 10.6. The van der Waals surface area contributed by atoms with E-state index in [0.29, 0.717) is 31.7 Å². The number of carbonyl (C=O) groups excluding carboxylic acids is 1. The lowest BCUT2D eigenvalue weighted by molar-refractivity contribution is 0.0939. The molecule has 0 bridgehead atoms. The van der Waals surface area contributed by atoms with Crippen molar-refractivity contribution in [3.8, 4) is 0 Å². The number of hydrogen-bond acceptors (Lipinski definition) is 4. The topological polar surface area (TPSA) is 69.7 Å². The molecule has 1 saturated heterocycles. The SMILES string of the molecule is CCC(C)NC(=O)c1cccc(CN2CCN(S(=O)(=O)CC)CC2)c1. The van der Waals surface area contributed by atoms with Crippen molar-refractivity contribution < 1.29 is 13.2 Å². The van der Waals surface area contributed by atoms with Gasteiger partial charge in [0.2, 0.25) is 10.0 Å². The minimum Gasteiger partial charge on any atom is -0.350 e. The summed E-state index contributed by atoms with van der Waals surface area (Å²) >= 11 is 0. The largest absolute Gasteiger partial charge is 0.350 e. The van der Waals surface area contributed by atoms with Crippen molar-refractivity contribution in [3.05, 3.63) is 35.4 Å². The van der Waals surface area contributed by atoms with Gasteiger partial charge in [0.15, 0.2) is 0 Å². The average molecular weight is 368 g/mol. The van der Waals surface area contributed by atoms with Crippen LogP contribution in [-0.4, -0.2) is 61.5 Å². The minimum atomic E-state index is -3.10. The van der Waals surface area contributed by atoms with Crippen molar-refractivity contribution in [2.75, 3.05) is 31.9 Å². The summed E-state index contributed by atoms with van der Waals surface area (Å²) < 4.78 is 25.4. The molecule has 0 radical (unpaired) electrons. The molecule has 0 spiro atoms. The fourth-order valence-electron chi connectivity index (χ4n) is 2.83. The first kappa shape index (κ1) is 19.9. The summed E-state index contributed by atoms with van der Waals surface area (Å²) in [6, 6.07) is 7.82. The number of nitrogens with zero attached hydrogens (tertiary/aromatic N) is 2. The Bertz CT molecular complexity index is 683. The van der Waals surface area contributed by atoms with Crippen molar-refractivity contribution in [3.63, 3.8) is 0 Å². The molecule has 1 atom stereocenters. The molecule has 2 rings (SSSR count). The Morgan fingerprint density at radius 3 is 2.48 bits per heavy atom. The zero-order valence-electron chi connectivity index (χ0n) is 15.4. The fraction of sp³-hybridized carbons (Fsp3) is 0.611. The summed E-state index contributed by atoms with van der Waals surface area (Å²) in [6.07, 6.45) is 0.899. The second-order valence-corrected chi connectivity index (χ2v) is 8.82. The van der Waals surface area contributed by atoms with Crippen LogP contribution >= 0.6 is 0 Å². The summed E-state index contributed by atoms with van der Waals surface area (Å²) in [4.78, 5) is 14.5. The molecule has 1 heterocycles. The van der Waals surface area contributed by atoms with Crippen LogP contribution in [0.5, 0.6) is 0 Å². The molecule has 0 aromatic heterocycles. The van der Waals surface area contributed by atoms with Crippen LogP contribution in [0.4, 0.5) is 0 Å². The Labute approximate surface area is 151 Å². The third-order valence-electron chi connectivity index (χ3n) is 4.67. The molecule has 6 nitrogen and oxygen atoms in total. The van der Waals surface area contributed by atoms with Crippen LogP contribution in [0.25, 0.3) is 0 Å². The van der Waals surface area contributed by atoms with Crippen molar-refractivity contribution in [1.82, 2.24) is 14.5 Å². The third-order valence-corrected chi connectivity index (χ3v) is 6.56. The van der Waals surface area contributed by atoms with E-state index in [2.05, 4.69) is 10.2 Å². The van der Waals surface area contributed by atoms with E-state index in [1.807, 2.05) is 38.1 Å². The Morgan fingerprint density at radius 1 is 1.20 bits per heavy atom. The minimum absolute atomic E-state index is 0.0462. The van der Waals surface area contributed by atoms with E-state index in [1.165, 1.54) is 0 Å². The number of amides is 1. The highest BCUT2D eigenvalue weighted by molar-refractivity contribution is 7.89. The van der Waals surface area contributed by atoms with Crippen LogP contribution in [0, 0.1) is 0 Å². The molecule has 0 aliphatic carbocycles. The summed E-state index contributed by atoms with van der Waals surface area (Å²) in [5, 5.41) is 2.98. The third kappa shape index (κ3) is 5.52. The maximum absolute atomic E-state index is 12.2. The Hall–Kier alpha value is -1.44. The van der Waals surface area contributed by atoms with E-state index in [0.717, 1.165) is 18.5 Å². The molecule has 1 unspecified atom stereocenters. The smallest absolute Gasteiger partial charge is 0.251 e. The number of hydrogen-bond donors (Lipinski definition) is 1. The van der Waals surface area contributed by atoms with Crippen LogP contribution in [0.15, 0.2) is 24.3 Å². The van der Waals surface area contributed by atoms with Gasteiger partial charge >= 0.3 is 0 Å². The van der Waals surface area contributed by atoms with Gasteiger partial charge in [-0.2, -0.15) is 4.31 Å². The van der Waals surface area contributed by atoms with Gasteiger partial charge in [-0.15, -0.1) is 0 Å². The molecule has 1 amide bonds. The van der Waals surface area contributed by atoms with Crippen molar-refractivity contribution in [2.24, 2.45) is 0 Å². The van der Waals surface area contributed by atoms with E-state index in [-0.39, 0.29) is 17.7 Å². The molecule has 25 heavy (non-hydrogen) atoms. The number of carbonyl (C=O) groups is 1. The van der Waals surface area contributed by atoms with Crippen LogP contribution in [0.1, 0.15) is 43.1 Å². The first-order valence-electron chi connectivity index (χ1n) is 8.95. The normalized spacial score (nSPS) is 18.0. The second kappa shape index (κ2) is 8.78. The van der Waals surface area contributed by atoms with Crippen molar-refractivity contribution in [2.45, 2.75) is 39.8 Å². The van der Waals surface area contributed by atoms with Gasteiger partial charge in [0, 0.05) is 44.3 Å². The van der Waals surface area contributed by atoms with E-state index in [4.69, 9.17) is 0 Å². The van der Waals surface area contributed by atoms with Gasteiger partial charge in [-0.3, -0.25) is 9.69 Å². The number of sulfonamides is 1. The van der Waals surface area contributed by atoms with Gasteiger partial charge in [-0.1, -0.05) is 19.1 Å². The summed E-state index contributed by atoms with van der Waals surface area (Å²) in [6.45, 7) is 8.92. The summed E-state index contributed by atoms with van der Waals surface area (Å²) in [5.41, 5.74) is 1.74. The Kier molecular flexibility index (Phi) is 6.98. The van der Waals surface area contributed by atoms with Gasteiger partial charge in [-0.05, 0) is 38.0 Å². The molecule has 1 fully saturated rings. The highest BCUT2D eigenvalue weighted by atomic mass is 32.2. The molecule has 140 valence electrons. The van der Waals surface area contributed by atoms with Gasteiger partial charge < -0.3 is 5.32 Å². The molecule has 1 N–H and O–H groups in total. The van der Waals surface area contributed by atoms with Gasteiger partial charge in [0.1, 0.15) is 0 Å². The van der Waals surface area contributed by atoms with Crippen LogP contribution < -0.4 is 5.32 Å². The molecule has 1 aliphatic heterocycles. The van der Waals surface area contributed by atoms with Crippen LogP contribution in [0.3, 0.4) is 0 Å².